The number of rotatable bonds is 4. The zero-order chi connectivity index (χ0) is 10.6. The van der Waals surface area contributed by atoms with Crippen molar-refractivity contribution in [3.8, 4) is 0 Å². The number of aromatic nitrogens is 1. The molecule has 0 unspecified atom stereocenters. The molecule has 0 bridgehead atoms. The second kappa shape index (κ2) is 4.66. The number of aryl methyl sites for hydroxylation is 1. The van der Waals surface area contributed by atoms with E-state index < -0.39 is 4.92 Å². The quantitative estimate of drug-likeness (QED) is 0.581. The second-order valence-electron chi connectivity index (χ2n) is 3.15. The molecule has 14 heavy (non-hydrogen) atoms. The highest BCUT2D eigenvalue weighted by Crippen LogP contribution is 2.10. The van der Waals surface area contributed by atoms with Gasteiger partial charge >= 0.3 is 0 Å². The van der Waals surface area contributed by atoms with Gasteiger partial charge in [-0.05, 0) is 25.8 Å². The Kier molecular flexibility index (Phi) is 3.53. The van der Waals surface area contributed by atoms with Crippen LogP contribution in [-0.4, -0.2) is 21.1 Å². The number of aliphatic hydroxyl groups excluding tert-OH is 1. The Labute approximate surface area is 81.6 Å². The largest absolute Gasteiger partial charge is 0.393 e. The third-order valence-electron chi connectivity index (χ3n) is 1.84. The highest BCUT2D eigenvalue weighted by Gasteiger charge is 2.05. The van der Waals surface area contributed by atoms with Gasteiger partial charge in [0.25, 0.3) is 5.69 Å². The van der Waals surface area contributed by atoms with E-state index in [0.717, 1.165) is 5.69 Å². The maximum Gasteiger partial charge on any atom is 0.287 e. The SMILES string of the molecule is C[C@H](O)CCc1ccc([N+](=O)[O-])cn1. The van der Waals surface area contributed by atoms with Crippen molar-refractivity contribution in [3.63, 3.8) is 0 Å². The van der Waals surface area contributed by atoms with Crippen molar-refractivity contribution < 1.29 is 10.0 Å². The van der Waals surface area contributed by atoms with Crippen LogP contribution in [0.25, 0.3) is 0 Å². The van der Waals surface area contributed by atoms with E-state index in [4.69, 9.17) is 5.11 Å². The summed E-state index contributed by atoms with van der Waals surface area (Å²) in [6.45, 7) is 1.70. The first-order valence-electron chi connectivity index (χ1n) is 4.37. The van der Waals surface area contributed by atoms with Crippen LogP contribution in [0.1, 0.15) is 19.0 Å². The van der Waals surface area contributed by atoms with Crippen molar-refractivity contribution >= 4 is 5.69 Å². The Morgan fingerprint density at radius 1 is 1.64 bits per heavy atom. The lowest BCUT2D eigenvalue weighted by Crippen LogP contribution is -2.02. The van der Waals surface area contributed by atoms with Crippen molar-refractivity contribution in [1.82, 2.24) is 4.98 Å². The van der Waals surface area contributed by atoms with E-state index in [-0.39, 0.29) is 11.8 Å². The molecule has 1 aromatic heterocycles. The molecule has 0 saturated heterocycles. The van der Waals surface area contributed by atoms with E-state index in [1.165, 1.54) is 12.3 Å². The van der Waals surface area contributed by atoms with Gasteiger partial charge in [-0.3, -0.25) is 15.1 Å². The average molecular weight is 196 g/mol. The summed E-state index contributed by atoms with van der Waals surface area (Å²) in [7, 11) is 0. The lowest BCUT2D eigenvalue weighted by atomic mass is 10.1. The van der Waals surface area contributed by atoms with Crippen LogP contribution in [-0.2, 0) is 6.42 Å². The van der Waals surface area contributed by atoms with Crippen molar-refractivity contribution in [3.05, 3.63) is 34.1 Å². The zero-order valence-corrected chi connectivity index (χ0v) is 7.88. The van der Waals surface area contributed by atoms with Gasteiger partial charge in [-0.2, -0.15) is 0 Å². The highest BCUT2D eigenvalue weighted by molar-refractivity contribution is 5.26. The molecule has 1 atom stereocenters. The van der Waals surface area contributed by atoms with Crippen LogP contribution in [0.15, 0.2) is 18.3 Å². The Hall–Kier alpha value is -1.49. The Balaban J connectivity index is 2.60. The lowest BCUT2D eigenvalue weighted by molar-refractivity contribution is -0.385. The molecule has 1 heterocycles. The average Bonchev–Trinajstić information content (AvgIpc) is 2.15. The minimum Gasteiger partial charge on any atom is -0.393 e. The van der Waals surface area contributed by atoms with Gasteiger partial charge in [0.1, 0.15) is 6.20 Å². The molecule has 0 radical (unpaired) electrons. The fraction of sp³-hybridized carbons (Fsp3) is 0.444. The fourth-order valence-corrected chi connectivity index (χ4v) is 1.03. The number of hydrogen-bond donors (Lipinski definition) is 1. The van der Waals surface area contributed by atoms with Crippen LogP contribution in [0.5, 0.6) is 0 Å². The van der Waals surface area contributed by atoms with Gasteiger partial charge in [-0.15, -0.1) is 0 Å². The Bertz CT molecular complexity index is 308. The number of nitro groups is 1. The van der Waals surface area contributed by atoms with Crippen molar-refractivity contribution in [2.75, 3.05) is 0 Å². The van der Waals surface area contributed by atoms with Gasteiger partial charge in [0.2, 0.25) is 0 Å². The number of aliphatic hydroxyl groups is 1. The van der Waals surface area contributed by atoms with Gasteiger partial charge in [0.15, 0.2) is 0 Å². The van der Waals surface area contributed by atoms with Gasteiger partial charge in [-0.25, -0.2) is 0 Å². The molecular formula is C9H12N2O3. The van der Waals surface area contributed by atoms with Gasteiger partial charge in [-0.1, -0.05) is 0 Å². The maximum atomic E-state index is 10.3. The summed E-state index contributed by atoms with van der Waals surface area (Å²) in [5, 5.41) is 19.3. The summed E-state index contributed by atoms with van der Waals surface area (Å²) < 4.78 is 0. The van der Waals surface area contributed by atoms with Crippen LogP contribution in [0.4, 0.5) is 5.69 Å². The molecule has 0 saturated carbocycles. The third kappa shape index (κ3) is 3.10. The molecule has 1 N–H and O–H groups in total. The molecule has 5 heteroatoms. The topological polar surface area (TPSA) is 76.3 Å². The summed E-state index contributed by atoms with van der Waals surface area (Å²) in [5.41, 5.74) is 0.752. The van der Waals surface area contributed by atoms with Gasteiger partial charge in [0, 0.05) is 11.8 Å². The minimum absolute atomic E-state index is 0.00852. The predicted octanol–water partition coefficient (Wildman–Crippen LogP) is 1.30. The van der Waals surface area contributed by atoms with Gasteiger partial charge in [0.05, 0.1) is 11.0 Å². The summed E-state index contributed by atoms with van der Waals surface area (Å²) >= 11 is 0. The van der Waals surface area contributed by atoms with E-state index in [0.29, 0.717) is 12.8 Å². The molecule has 0 aromatic carbocycles. The smallest absolute Gasteiger partial charge is 0.287 e. The lowest BCUT2D eigenvalue weighted by Gasteiger charge is -2.02. The van der Waals surface area contributed by atoms with Crippen LogP contribution in [0.3, 0.4) is 0 Å². The Morgan fingerprint density at radius 3 is 2.79 bits per heavy atom. The number of hydrogen-bond acceptors (Lipinski definition) is 4. The predicted molar refractivity (Wildman–Crippen MR) is 50.9 cm³/mol. The zero-order valence-electron chi connectivity index (χ0n) is 7.88. The normalized spacial score (nSPS) is 12.4. The molecule has 0 aliphatic heterocycles. The molecule has 1 rings (SSSR count). The third-order valence-corrected chi connectivity index (χ3v) is 1.84. The fourth-order valence-electron chi connectivity index (χ4n) is 1.03. The highest BCUT2D eigenvalue weighted by atomic mass is 16.6. The molecule has 1 aromatic rings. The standard InChI is InChI=1S/C9H12N2O3/c1-7(12)2-3-8-4-5-9(6-10-8)11(13)14/h4-7,12H,2-3H2,1H3/t7-/m0/s1. The molecule has 0 fully saturated rings. The van der Waals surface area contributed by atoms with Crippen molar-refractivity contribution in [2.24, 2.45) is 0 Å². The van der Waals surface area contributed by atoms with Crippen molar-refractivity contribution in [1.29, 1.82) is 0 Å². The van der Waals surface area contributed by atoms with Crippen LogP contribution < -0.4 is 0 Å². The molecule has 5 nitrogen and oxygen atoms in total. The summed E-state index contributed by atoms with van der Waals surface area (Å²) in [5.74, 6) is 0. The van der Waals surface area contributed by atoms with Crippen LogP contribution in [0, 0.1) is 10.1 Å². The molecule has 0 aliphatic rings. The first kappa shape index (κ1) is 10.6. The summed E-state index contributed by atoms with van der Waals surface area (Å²) in [6, 6.07) is 3.03. The summed E-state index contributed by atoms with van der Waals surface area (Å²) in [4.78, 5) is 13.7. The summed E-state index contributed by atoms with van der Waals surface area (Å²) in [6.07, 6.45) is 2.12. The molecule has 0 spiro atoms. The van der Waals surface area contributed by atoms with Crippen LogP contribution >= 0.6 is 0 Å². The number of nitrogens with zero attached hydrogens (tertiary/aromatic N) is 2. The molecule has 0 aliphatic carbocycles. The van der Waals surface area contributed by atoms with Crippen molar-refractivity contribution in [2.45, 2.75) is 25.9 Å². The van der Waals surface area contributed by atoms with Crippen LogP contribution in [0.2, 0.25) is 0 Å². The monoisotopic (exact) mass is 196 g/mol. The van der Waals surface area contributed by atoms with E-state index in [9.17, 15) is 10.1 Å². The maximum absolute atomic E-state index is 10.3. The van der Waals surface area contributed by atoms with E-state index in [2.05, 4.69) is 4.98 Å². The molecule has 0 amide bonds. The minimum atomic E-state index is -0.481. The molecular weight excluding hydrogens is 184 g/mol. The first-order chi connectivity index (χ1) is 6.59. The second-order valence-corrected chi connectivity index (χ2v) is 3.15. The first-order valence-corrected chi connectivity index (χ1v) is 4.37. The van der Waals surface area contributed by atoms with Gasteiger partial charge < -0.3 is 5.11 Å². The van der Waals surface area contributed by atoms with E-state index >= 15 is 0 Å². The van der Waals surface area contributed by atoms with E-state index in [1.54, 1.807) is 13.0 Å². The number of pyridine rings is 1. The van der Waals surface area contributed by atoms with E-state index in [1.807, 2.05) is 0 Å². The molecule has 76 valence electrons. The Morgan fingerprint density at radius 2 is 2.36 bits per heavy atom.